The Balaban J connectivity index is 1.68. The second-order valence-corrected chi connectivity index (χ2v) is 5.38. The van der Waals surface area contributed by atoms with Gasteiger partial charge in [-0.25, -0.2) is 4.98 Å². The maximum Gasteiger partial charge on any atom is 0.254 e. The summed E-state index contributed by atoms with van der Waals surface area (Å²) in [5.41, 5.74) is 8.32. The second-order valence-electron chi connectivity index (χ2n) is 5.38. The molecule has 0 saturated carbocycles. The Morgan fingerprint density at radius 2 is 1.77 bits per heavy atom. The van der Waals surface area contributed by atoms with Gasteiger partial charge in [-0.2, -0.15) is 0 Å². The predicted molar refractivity (Wildman–Crippen MR) is 85.7 cm³/mol. The number of amides is 1. The van der Waals surface area contributed by atoms with Gasteiger partial charge in [-0.05, 0) is 31.2 Å². The van der Waals surface area contributed by atoms with E-state index in [1.54, 1.807) is 24.5 Å². The third kappa shape index (κ3) is 2.86. The van der Waals surface area contributed by atoms with Crippen molar-refractivity contribution >= 4 is 17.4 Å². The molecular formula is C16H19N5O. The van der Waals surface area contributed by atoms with Crippen LogP contribution in [0.2, 0.25) is 0 Å². The molecule has 0 atom stereocenters. The normalized spacial score (nSPS) is 15.0. The van der Waals surface area contributed by atoms with Crippen LogP contribution in [0.1, 0.15) is 16.1 Å². The van der Waals surface area contributed by atoms with Gasteiger partial charge in [0.1, 0.15) is 0 Å². The van der Waals surface area contributed by atoms with E-state index in [1.807, 2.05) is 24.0 Å². The number of pyridine rings is 2. The third-order valence-corrected chi connectivity index (χ3v) is 3.84. The van der Waals surface area contributed by atoms with Crippen LogP contribution in [0, 0.1) is 6.92 Å². The number of nitrogen functional groups attached to an aromatic ring is 1. The molecule has 1 aliphatic heterocycles. The average molecular weight is 297 g/mol. The van der Waals surface area contributed by atoms with Gasteiger partial charge < -0.3 is 15.5 Å². The van der Waals surface area contributed by atoms with E-state index in [9.17, 15) is 4.79 Å². The number of anilines is 2. The zero-order valence-electron chi connectivity index (χ0n) is 12.6. The van der Waals surface area contributed by atoms with Gasteiger partial charge in [0.15, 0.2) is 5.82 Å². The Hall–Kier alpha value is -2.63. The van der Waals surface area contributed by atoms with Crippen LogP contribution in [0.4, 0.5) is 11.5 Å². The van der Waals surface area contributed by atoms with E-state index in [2.05, 4.69) is 14.9 Å². The van der Waals surface area contributed by atoms with Crippen LogP contribution in [-0.4, -0.2) is 47.0 Å². The van der Waals surface area contributed by atoms with Crippen molar-refractivity contribution in [2.45, 2.75) is 6.92 Å². The molecule has 114 valence electrons. The number of piperazine rings is 1. The number of nitrogens with two attached hydrogens (primary N) is 1. The fraction of sp³-hybridized carbons (Fsp3) is 0.312. The quantitative estimate of drug-likeness (QED) is 0.905. The molecule has 0 aromatic carbocycles. The molecular weight excluding hydrogens is 278 g/mol. The number of hydrogen-bond donors (Lipinski definition) is 1. The van der Waals surface area contributed by atoms with Crippen molar-refractivity contribution in [3.05, 3.63) is 47.9 Å². The monoisotopic (exact) mass is 297 g/mol. The zero-order chi connectivity index (χ0) is 15.5. The molecule has 0 unspecified atom stereocenters. The molecule has 22 heavy (non-hydrogen) atoms. The summed E-state index contributed by atoms with van der Waals surface area (Å²) in [6.45, 7) is 4.74. The van der Waals surface area contributed by atoms with Gasteiger partial charge in [0.25, 0.3) is 5.91 Å². The van der Waals surface area contributed by atoms with E-state index in [0.29, 0.717) is 24.3 Å². The summed E-state index contributed by atoms with van der Waals surface area (Å²) in [5, 5.41) is 0. The average Bonchev–Trinajstić information content (AvgIpc) is 2.57. The molecule has 6 heteroatoms. The molecule has 2 N–H and O–H groups in total. The van der Waals surface area contributed by atoms with E-state index < -0.39 is 0 Å². The molecule has 2 aromatic heterocycles. The summed E-state index contributed by atoms with van der Waals surface area (Å²) >= 11 is 0. The molecule has 1 saturated heterocycles. The van der Waals surface area contributed by atoms with Crippen LogP contribution in [0.5, 0.6) is 0 Å². The topological polar surface area (TPSA) is 75.3 Å². The summed E-state index contributed by atoms with van der Waals surface area (Å²) < 4.78 is 0. The number of rotatable bonds is 2. The van der Waals surface area contributed by atoms with Crippen LogP contribution in [0.3, 0.4) is 0 Å². The smallest absolute Gasteiger partial charge is 0.254 e. The van der Waals surface area contributed by atoms with Gasteiger partial charge in [-0.1, -0.05) is 0 Å². The summed E-state index contributed by atoms with van der Waals surface area (Å²) in [7, 11) is 0. The molecule has 0 spiro atoms. The Bertz CT molecular complexity index is 665. The standard InChI is InChI=1S/C16H19N5O/c1-12-2-3-14(17)15(19-12)20-8-10-21(11-9-20)16(22)13-4-6-18-7-5-13/h2-7H,8-11,17H2,1H3. The summed E-state index contributed by atoms with van der Waals surface area (Å²) in [6.07, 6.45) is 3.28. The van der Waals surface area contributed by atoms with Gasteiger partial charge >= 0.3 is 0 Å². The van der Waals surface area contributed by atoms with Crippen LogP contribution in [0.15, 0.2) is 36.7 Å². The Labute approximate surface area is 129 Å². The Morgan fingerprint density at radius 3 is 2.45 bits per heavy atom. The lowest BCUT2D eigenvalue weighted by molar-refractivity contribution is 0.0746. The number of hydrogen-bond acceptors (Lipinski definition) is 5. The lowest BCUT2D eigenvalue weighted by atomic mass is 10.2. The Kier molecular flexibility index (Phi) is 3.91. The molecule has 3 rings (SSSR count). The lowest BCUT2D eigenvalue weighted by Gasteiger charge is -2.36. The number of nitrogens with zero attached hydrogens (tertiary/aromatic N) is 4. The third-order valence-electron chi connectivity index (χ3n) is 3.84. The van der Waals surface area contributed by atoms with Crippen molar-refractivity contribution in [3.8, 4) is 0 Å². The van der Waals surface area contributed by atoms with Gasteiger partial charge in [-0.3, -0.25) is 9.78 Å². The number of carbonyl (C=O) groups excluding carboxylic acids is 1. The lowest BCUT2D eigenvalue weighted by Crippen LogP contribution is -2.49. The summed E-state index contributed by atoms with van der Waals surface area (Å²) in [5.74, 6) is 0.864. The molecule has 2 aromatic rings. The van der Waals surface area contributed by atoms with Gasteiger partial charge in [0, 0.05) is 49.8 Å². The van der Waals surface area contributed by atoms with Crippen molar-refractivity contribution in [3.63, 3.8) is 0 Å². The van der Waals surface area contributed by atoms with Crippen molar-refractivity contribution in [1.29, 1.82) is 0 Å². The maximum absolute atomic E-state index is 12.4. The van der Waals surface area contributed by atoms with Crippen molar-refractivity contribution in [2.75, 3.05) is 36.8 Å². The molecule has 6 nitrogen and oxygen atoms in total. The molecule has 1 aliphatic rings. The zero-order valence-corrected chi connectivity index (χ0v) is 12.6. The Morgan fingerprint density at radius 1 is 1.09 bits per heavy atom. The minimum Gasteiger partial charge on any atom is -0.396 e. The predicted octanol–water partition coefficient (Wildman–Crippen LogP) is 1.33. The van der Waals surface area contributed by atoms with E-state index in [4.69, 9.17) is 5.73 Å². The van der Waals surface area contributed by atoms with E-state index in [-0.39, 0.29) is 5.91 Å². The summed E-state index contributed by atoms with van der Waals surface area (Å²) in [4.78, 5) is 24.9. The highest BCUT2D eigenvalue weighted by molar-refractivity contribution is 5.94. The van der Waals surface area contributed by atoms with E-state index in [0.717, 1.165) is 24.6 Å². The van der Waals surface area contributed by atoms with Crippen molar-refractivity contribution < 1.29 is 4.79 Å². The minimum absolute atomic E-state index is 0.0484. The fourth-order valence-corrected chi connectivity index (χ4v) is 2.61. The maximum atomic E-state index is 12.4. The van der Waals surface area contributed by atoms with Gasteiger partial charge in [0.2, 0.25) is 0 Å². The minimum atomic E-state index is 0.0484. The van der Waals surface area contributed by atoms with Crippen LogP contribution in [-0.2, 0) is 0 Å². The van der Waals surface area contributed by atoms with Gasteiger partial charge in [-0.15, -0.1) is 0 Å². The largest absolute Gasteiger partial charge is 0.396 e. The SMILES string of the molecule is Cc1ccc(N)c(N2CCN(C(=O)c3ccncc3)CC2)n1. The summed E-state index contributed by atoms with van der Waals surface area (Å²) in [6, 6.07) is 7.28. The first-order valence-corrected chi connectivity index (χ1v) is 7.32. The first-order chi connectivity index (χ1) is 10.6. The van der Waals surface area contributed by atoms with E-state index in [1.165, 1.54) is 0 Å². The van der Waals surface area contributed by atoms with Crippen LogP contribution in [0.25, 0.3) is 0 Å². The molecule has 0 aliphatic carbocycles. The highest BCUT2D eigenvalue weighted by Gasteiger charge is 2.23. The first kappa shape index (κ1) is 14.3. The number of aromatic nitrogens is 2. The number of aryl methyl sites for hydroxylation is 1. The van der Waals surface area contributed by atoms with Crippen LogP contribution >= 0.6 is 0 Å². The van der Waals surface area contributed by atoms with Crippen LogP contribution < -0.4 is 10.6 Å². The van der Waals surface area contributed by atoms with Crippen molar-refractivity contribution in [1.82, 2.24) is 14.9 Å². The molecule has 0 bridgehead atoms. The molecule has 1 fully saturated rings. The van der Waals surface area contributed by atoms with Crippen molar-refractivity contribution in [2.24, 2.45) is 0 Å². The second kappa shape index (κ2) is 6.01. The molecule has 1 amide bonds. The first-order valence-electron chi connectivity index (χ1n) is 7.32. The highest BCUT2D eigenvalue weighted by atomic mass is 16.2. The highest BCUT2D eigenvalue weighted by Crippen LogP contribution is 2.22. The number of carbonyl (C=O) groups is 1. The van der Waals surface area contributed by atoms with Gasteiger partial charge in [0.05, 0.1) is 5.69 Å². The fourth-order valence-electron chi connectivity index (χ4n) is 2.61. The molecule has 0 radical (unpaired) electrons. The molecule has 3 heterocycles. The van der Waals surface area contributed by atoms with E-state index >= 15 is 0 Å².